The van der Waals surface area contributed by atoms with Crippen molar-refractivity contribution >= 4 is 33.0 Å². The topological polar surface area (TPSA) is 43.6 Å². The van der Waals surface area contributed by atoms with Crippen molar-refractivity contribution in [2.24, 2.45) is 5.92 Å². The number of fused-ring (bicyclic) bond motifs is 4. The van der Waals surface area contributed by atoms with E-state index in [9.17, 15) is 0 Å². The van der Waals surface area contributed by atoms with Crippen molar-refractivity contribution in [3.8, 4) is 0 Å². The SMILES string of the molecule is C1=C\C=C(\c2c[nH]c3ccccc23)C2=C(NC3CCCCC23)\C(c2c[nH]c3ccccc23)=C/1. The summed E-state index contributed by atoms with van der Waals surface area (Å²) in [6.45, 7) is 0. The van der Waals surface area contributed by atoms with Gasteiger partial charge in [-0.3, -0.25) is 0 Å². The summed E-state index contributed by atoms with van der Waals surface area (Å²) < 4.78 is 0. The number of benzene rings is 2. The molecule has 0 spiro atoms. The molecule has 33 heavy (non-hydrogen) atoms. The fourth-order valence-electron chi connectivity index (χ4n) is 6.18. The van der Waals surface area contributed by atoms with Crippen molar-refractivity contribution in [3.63, 3.8) is 0 Å². The quantitative estimate of drug-likeness (QED) is 0.312. The third kappa shape index (κ3) is 2.88. The number of nitrogens with one attached hydrogen (secondary N) is 3. The monoisotopic (exact) mass is 429 g/mol. The summed E-state index contributed by atoms with van der Waals surface area (Å²) in [7, 11) is 0. The van der Waals surface area contributed by atoms with E-state index in [1.165, 1.54) is 81.0 Å². The highest BCUT2D eigenvalue weighted by Gasteiger charge is 2.39. The third-order valence-corrected chi connectivity index (χ3v) is 7.69. The highest BCUT2D eigenvalue weighted by atomic mass is 15.0. The van der Waals surface area contributed by atoms with Crippen LogP contribution >= 0.6 is 0 Å². The van der Waals surface area contributed by atoms with Crippen LogP contribution in [0.3, 0.4) is 0 Å². The van der Waals surface area contributed by atoms with Gasteiger partial charge in [0.05, 0.1) is 0 Å². The van der Waals surface area contributed by atoms with Gasteiger partial charge in [0.1, 0.15) is 0 Å². The zero-order chi connectivity index (χ0) is 21.8. The molecule has 0 radical (unpaired) electrons. The maximum atomic E-state index is 4.02. The summed E-state index contributed by atoms with van der Waals surface area (Å²) in [5.74, 6) is 0.550. The summed E-state index contributed by atoms with van der Waals surface area (Å²) in [4.78, 5) is 7.00. The van der Waals surface area contributed by atoms with Crippen LogP contribution in [0.5, 0.6) is 0 Å². The minimum atomic E-state index is 0.518. The summed E-state index contributed by atoms with van der Waals surface area (Å²) in [5.41, 5.74) is 10.4. The zero-order valence-electron chi connectivity index (χ0n) is 18.6. The average Bonchev–Trinajstić information content (AvgIpc) is 3.56. The lowest BCUT2D eigenvalue weighted by Gasteiger charge is -2.28. The van der Waals surface area contributed by atoms with E-state index in [4.69, 9.17) is 0 Å². The van der Waals surface area contributed by atoms with Crippen molar-refractivity contribution in [1.82, 2.24) is 15.3 Å². The van der Waals surface area contributed by atoms with Gasteiger partial charge in [0.2, 0.25) is 0 Å². The van der Waals surface area contributed by atoms with Crippen LogP contribution in [0.1, 0.15) is 36.8 Å². The second-order valence-corrected chi connectivity index (χ2v) is 9.47. The molecule has 3 heteroatoms. The van der Waals surface area contributed by atoms with Gasteiger partial charge in [-0.2, -0.15) is 0 Å². The van der Waals surface area contributed by atoms with Gasteiger partial charge in [0.25, 0.3) is 0 Å². The Balaban J connectivity index is 1.47. The zero-order valence-corrected chi connectivity index (χ0v) is 18.6. The van der Waals surface area contributed by atoms with Gasteiger partial charge in [-0.1, -0.05) is 73.5 Å². The van der Waals surface area contributed by atoms with Gasteiger partial charge in [-0.15, -0.1) is 0 Å². The standard InChI is InChI=1S/C30H27N3/c1-2-12-22(25-18-32-27-15-7-4-10-20(25)27)30-29(23-13-5-8-16-28(23)33-30)21(11-1)24-17-31-26-14-6-3-9-19(24)26/h1-4,6-7,9-12,14-15,17-18,23,28,31-33H,5,8,13,16H2/b2-1-,11-1?,12-2?,21-11-,22-12-,29-21?,30-22?. The Hall–Kier alpha value is -3.72. The molecule has 7 rings (SSSR count). The predicted octanol–water partition coefficient (Wildman–Crippen LogP) is 7.10. The molecular formula is C30H27N3. The molecule has 1 fully saturated rings. The molecule has 3 nitrogen and oxygen atoms in total. The molecule has 1 aliphatic heterocycles. The molecule has 2 aliphatic carbocycles. The van der Waals surface area contributed by atoms with Gasteiger partial charge >= 0.3 is 0 Å². The van der Waals surface area contributed by atoms with E-state index in [0.29, 0.717) is 12.0 Å². The molecule has 1 saturated carbocycles. The molecule has 3 N–H and O–H groups in total. The molecule has 2 atom stereocenters. The van der Waals surface area contributed by atoms with Crippen molar-refractivity contribution < 1.29 is 0 Å². The summed E-state index contributed by atoms with van der Waals surface area (Å²) in [5, 5.41) is 6.59. The van der Waals surface area contributed by atoms with Gasteiger partial charge < -0.3 is 15.3 Å². The number of allylic oxidation sites excluding steroid dienone is 6. The van der Waals surface area contributed by atoms with E-state index in [2.05, 4.69) is 101 Å². The Morgan fingerprint density at radius 1 is 0.667 bits per heavy atom. The first-order valence-corrected chi connectivity index (χ1v) is 12.1. The first-order chi connectivity index (χ1) is 16.4. The number of hydrogen-bond acceptors (Lipinski definition) is 1. The van der Waals surface area contributed by atoms with E-state index in [1.54, 1.807) is 0 Å². The largest absolute Gasteiger partial charge is 0.381 e. The van der Waals surface area contributed by atoms with Crippen LogP contribution in [0.15, 0.2) is 96.5 Å². The lowest BCUT2D eigenvalue weighted by atomic mass is 9.77. The first-order valence-electron chi connectivity index (χ1n) is 12.1. The molecule has 2 aromatic heterocycles. The lowest BCUT2D eigenvalue weighted by Crippen LogP contribution is -2.31. The van der Waals surface area contributed by atoms with E-state index in [0.717, 1.165) is 0 Å². The van der Waals surface area contributed by atoms with Crippen molar-refractivity contribution in [3.05, 3.63) is 108 Å². The van der Waals surface area contributed by atoms with Gasteiger partial charge in [0, 0.05) is 68.6 Å². The van der Waals surface area contributed by atoms with Crippen molar-refractivity contribution in [2.75, 3.05) is 0 Å². The van der Waals surface area contributed by atoms with Crippen LogP contribution in [0.25, 0.3) is 33.0 Å². The van der Waals surface area contributed by atoms with E-state index in [1.807, 2.05) is 0 Å². The molecule has 2 aromatic carbocycles. The third-order valence-electron chi connectivity index (χ3n) is 7.69. The Labute approximate surface area is 193 Å². The number of rotatable bonds is 2. The number of H-pyrrole nitrogens is 2. The van der Waals surface area contributed by atoms with Crippen molar-refractivity contribution in [1.29, 1.82) is 0 Å². The second-order valence-electron chi connectivity index (χ2n) is 9.47. The smallest absolute Gasteiger partial charge is 0.0465 e. The number of para-hydroxylation sites is 2. The van der Waals surface area contributed by atoms with E-state index < -0.39 is 0 Å². The normalized spacial score (nSPS) is 26.5. The van der Waals surface area contributed by atoms with Crippen LogP contribution in [0.2, 0.25) is 0 Å². The Morgan fingerprint density at radius 3 is 2.00 bits per heavy atom. The highest BCUT2D eigenvalue weighted by molar-refractivity contribution is 6.03. The maximum Gasteiger partial charge on any atom is 0.0465 e. The Bertz CT molecular complexity index is 1500. The summed E-state index contributed by atoms with van der Waals surface area (Å²) in [6.07, 6.45) is 18.5. The van der Waals surface area contributed by atoms with Gasteiger partial charge in [-0.25, -0.2) is 0 Å². The fraction of sp³-hybridized carbons (Fsp3) is 0.200. The first kappa shape index (κ1) is 18.8. The molecule has 2 unspecified atom stereocenters. The number of aromatic amines is 2. The molecule has 0 bridgehead atoms. The second kappa shape index (κ2) is 7.41. The minimum absolute atomic E-state index is 0.518. The molecule has 3 heterocycles. The van der Waals surface area contributed by atoms with Crippen LogP contribution in [-0.4, -0.2) is 16.0 Å². The van der Waals surface area contributed by atoms with Gasteiger partial charge in [0.15, 0.2) is 0 Å². The molecule has 3 aliphatic rings. The lowest BCUT2D eigenvalue weighted by molar-refractivity contribution is 0.344. The van der Waals surface area contributed by atoms with Crippen LogP contribution in [0, 0.1) is 5.92 Å². The van der Waals surface area contributed by atoms with Gasteiger partial charge in [-0.05, 0) is 36.1 Å². The van der Waals surface area contributed by atoms with Crippen molar-refractivity contribution in [2.45, 2.75) is 31.7 Å². The Morgan fingerprint density at radius 2 is 1.27 bits per heavy atom. The molecule has 0 saturated heterocycles. The number of aromatic nitrogens is 2. The predicted molar refractivity (Wildman–Crippen MR) is 138 cm³/mol. The van der Waals surface area contributed by atoms with E-state index >= 15 is 0 Å². The van der Waals surface area contributed by atoms with Crippen LogP contribution in [0.4, 0.5) is 0 Å². The van der Waals surface area contributed by atoms with Crippen LogP contribution < -0.4 is 5.32 Å². The number of hydrogen-bond donors (Lipinski definition) is 3. The average molecular weight is 430 g/mol. The molecule has 162 valence electrons. The summed E-state index contributed by atoms with van der Waals surface area (Å²) in [6, 6.07) is 17.8. The molecule has 4 aromatic rings. The fourth-order valence-corrected chi connectivity index (χ4v) is 6.18. The summed E-state index contributed by atoms with van der Waals surface area (Å²) >= 11 is 0. The molecular weight excluding hydrogens is 402 g/mol. The highest BCUT2D eigenvalue weighted by Crippen LogP contribution is 2.48. The van der Waals surface area contributed by atoms with E-state index in [-0.39, 0.29) is 0 Å². The maximum absolute atomic E-state index is 4.02. The van der Waals surface area contributed by atoms with Crippen LogP contribution in [-0.2, 0) is 0 Å². The Kier molecular flexibility index (Phi) is 4.23. The molecule has 0 amide bonds. The minimum Gasteiger partial charge on any atom is -0.381 e.